The molecule has 0 amide bonds. The smallest absolute Gasteiger partial charge is 0.219 e. The van der Waals surface area contributed by atoms with Crippen molar-refractivity contribution in [1.82, 2.24) is 0 Å². The van der Waals surface area contributed by atoms with E-state index in [1.807, 2.05) is 0 Å². The Hall–Kier alpha value is -1.45. The lowest BCUT2D eigenvalue weighted by Gasteiger charge is -2.13. The molecule has 0 aliphatic heterocycles. The van der Waals surface area contributed by atoms with E-state index in [-0.39, 0.29) is 12.1 Å². The molecule has 0 fully saturated rings. The van der Waals surface area contributed by atoms with Gasteiger partial charge >= 0.3 is 12.4 Å². The van der Waals surface area contributed by atoms with Crippen LogP contribution in [0.3, 0.4) is 0 Å². The van der Waals surface area contributed by atoms with Crippen LogP contribution in [-0.2, 0) is 22.2 Å². The summed E-state index contributed by atoms with van der Waals surface area (Å²) in [4.78, 5) is -1.70. The molecule has 0 bridgehead atoms. The van der Waals surface area contributed by atoms with Gasteiger partial charge in [-0.05, 0) is 36.4 Å². The summed E-state index contributed by atoms with van der Waals surface area (Å²) in [5, 5.41) is -1.47. The first-order chi connectivity index (χ1) is 11.2. The molecule has 136 valence electrons. The normalized spacial score (nSPS) is 13.1. The predicted octanol–water partition coefficient (Wildman–Crippen LogP) is 5.86. The van der Waals surface area contributed by atoms with E-state index >= 15 is 0 Å². The van der Waals surface area contributed by atoms with Gasteiger partial charge in [-0.25, -0.2) is 8.42 Å². The Balaban J connectivity index is 2.65. The lowest BCUT2D eigenvalue weighted by Crippen LogP contribution is -2.11. The first-order valence-corrected chi connectivity index (χ1v) is 8.47. The molecular formula is C14H6Cl2F6O2S. The van der Waals surface area contributed by atoms with Crippen molar-refractivity contribution in [2.24, 2.45) is 0 Å². The van der Waals surface area contributed by atoms with Gasteiger partial charge in [-0.1, -0.05) is 23.2 Å². The number of rotatable bonds is 2. The molecule has 0 atom stereocenters. The van der Waals surface area contributed by atoms with Gasteiger partial charge in [-0.3, -0.25) is 0 Å². The third-order valence-corrected chi connectivity index (χ3v) is 5.52. The van der Waals surface area contributed by atoms with Gasteiger partial charge in [0.15, 0.2) is 0 Å². The summed E-state index contributed by atoms with van der Waals surface area (Å²) in [6.45, 7) is 0. The highest BCUT2D eigenvalue weighted by molar-refractivity contribution is 7.91. The van der Waals surface area contributed by atoms with Crippen LogP contribution in [0.4, 0.5) is 26.3 Å². The number of hydrogen-bond donors (Lipinski definition) is 0. The molecule has 2 aromatic rings. The highest BCUT2D eigenvalue weighted by atomic mass is 35.5. The zero-order valence-electron chi connectivity index (χ0n) is 11.7. The quantitative estimate of drug-likeness (QED) is 0.567. The lowest BCUT2D eigenvalue weighted by molar-refractivity contribution is -0.138. The minimum atomic E-state index is -4.93. The molecule has 2 aromatic carbocycles. The van der Waals surface area contributed by atoms with Crippen LogP contribution in [0.2, 0.25) is 10.0 Å². The van der Waals surface area contributed by atoms with E-state index in [9.17, 15) is 34.8 Å². The highest BCUT2D eigenvalue weighted by Gasteiger charge is 2.36. The zero-order valence-corrected chi connectivity index (χ0v) is 14.0. The summed E-state index contributed by atoms with van der Waals surface area (Å²) in [5.41, 5.74) is -2.83. The molecule has 2 nitrogen and oxygen atoms in total. The Labute approximate surface area is 147 Å². The molecule has 11 heteroatoms. The van der Waals surface area contributed by atoms with Crippen LogP contribution in [0.5, 0.6) is 0 Å². The predicted molar refractivity (Wildman–Crippen MR) is 78.4 cm³/mol. The molecule has 0 aliphatic carbocycles. The first kappa shape index (κ1) is 19.9. The standard InChI is InChI=1S/C14H6Cl2F6O2S/c15-11-3-1-7(5-9(11)13(17,18)19)25(23,24)8-2-4-12(16)10(6-8)14(20,21)22/h1-6H. The minimum Gasteiger partial charge on any atom is -0.219 e. The summed E-state index contributed by atoms with van der Waals surface area (Å²) in [6, 6.07) is 3.48. The second-order valence-electron chi connectivity index (χ2n) is 4.78. The summed E-state index contributed by atoms with van der Waals surface area (Å²) in [5.74, 6) is 0. The molecule has 0 aromatic heterocycles. The summed E-state index contributed by atoms with van der Waals surface area (Å²) < 4.78 is 102. The Kier molecular flexibility index (Phi) is 5.06. The lowest BCUT2D eigenvalue weighted by atomic mass is 10.2. The van der Waals surface area contributed by atoms with Crippen LogP contribution >= 0.6 is 23.2 Å². The zero-order chi connectivity index (χ0) is 19.2. The molecule has 0 saturated heterocycles. The molecule has 0 aliphatic rings. The van der Waals surface area contributed by atoms with Crippen LogP contribution in [0.25, 0.3) is 0 Å². The summed E-state index contributed by atoms with van der Waals surface area (Å²) >= 11 is 10.8. The van der Waals surface area contributed by atoms with Gasteiger partial charge in [0.25, 0.3) is 0 Å². The van der Waals surface area contributed by atoms with E-state index in [1.165, 1.54) is 0 Å². The number of halogens is 8. The molecule has 0 spiro atoms. The Morgan fingerprint density at radius 1 is 0.680 bits per heavy atom. The van der Waals surface area contributed by atoms with Crippen molar-refractivity contribution in [3.63, 3.8) is 0 Å². The Morgan fingerprint density at radius 3 is 1.28 bits per heavy atom. The van der Waals surface area contributed by atoms with Gasteiger partial charge in [0.2, 0.25) is 9.84 Å². The van der Waals surface area contributed by atoms with Crippen molar-refractivity contribution in [3.05, 3.63) is 57.6 Å². The largest absolute Gasteiger partial charge is 0.417 e. The van der Waals surface area contributed by atoms with E-state index in [0.717, 1.165) is 12.1 Å². The van der Waals surface area contributed by atoms with Crippen LogP contribution in [-0.4, -0.2) is 8.42 Å². The maximum Gasteiger partial charge on any atom is 0.417 e. The fourth-order valence-electron chi connectivity index (χ4n) is 1.91. The fraction of sp³-hybridized carbons (Fsp3) is 0.143. The Morgan fingerprint density at radius 2 is 1.00 bits per heavy atom. The molecule has 0 N–H and O–H groups in total. The minimum absolute atomic E-state index is 0.263. The van der Waals surface area contributed by atoms with Gasteiger partial charge in [0.1, 0.15) is 0 Å². The van der Waals surface area contributed by atoms with Crippen molar-refractivity contribution >= 4 is 33.0 Å². The van der Waals surface area contributed by atoms with E-state index in [4.69, 9.17) is 23.2 Å². The van der Waals surface area contributed by atoms with Crippen molar-refractivity contribution in [3.8, 4) is 0 Å². The van der Waals surface area contributed by atoms with Crippen LogP contribution < -0.4 is 0 Å². The van der Waals surface area contributed by atoms with Gasteiger partial charge in [-0.15, -0.1) is 0 Å². The molecule has 2 rings (SSSR count). The molecule has 0 saturated carbocycles. The number of alkyl halides is 6. The summed E-state index contributed by atoms with van der Waals surface area (Å²) in [6.07, 6.45) is -9.86. The van der Waals surface area contributed by atoms with Gasteiger partial charge in [0.05, 0.1) is 31.0 Å². The second-order valence-corrected chi connectivity index (χ2v) is 7.55. The van der Waals surface area contributed by atoms with E-state index in [1.54, 1.807) is 0 Å². The average molecular weight is 423 g/mol. The van der Waals surface area contributed by atoms with Crippen molar-refractivity contribution in [2.75, 3.05) is 0 Å². The average Bonchev–Trinajstić information content (AvgIpc) is 2.45. The number of benzene rings is 2. The van der Waals surface area contributed by atoms with Crippen LogP contribution in [0, 0.1) is 0 Å². The van der Waals surface area contributed by atoms with Gasteiger partial charge in [0, 0.05) is 0 Å². The van der Waals surface area contributed by atoms with Crippen LogP contribution in [0.1, 0.15) is 11.1 Å². The topological polar surface area (TPSA) is 34.1 Å². The van der Waals surface area contributed by atoms with Gasteiger partial charge in [-0.2, -0.15) is 26.3 Å². The van der Waals surface area contributed by atoms with E-state index in [0.29, 0.717) is 12.1 Å². The maximum absolute atomic E-state index is 12.8. The maximum atomic E-state index is 12.8. The Bertz CT molecular complexity index is 850. The monoisotopic (exact) mass is 422 g/mol. The first-order valence-electron chi connectivity index (χ1n) is 6.23. The molecule has 0 unspecified atom stereocenters. The molecular weight excluding hydrogens is 417 g/mol. The molecule has 25 heavy (non-hydrogen) atoms. The van der Waals surface area contributed by atoms with Crippen molar-refractivity contribution < 1.29 is 34.8 Å². The van der Waals surface area contributed by atoms with Crippen molar-refractivity contribution in [1.29, 1.82) is 0 Å². The summed E-state index contributed by atoms with van der Waals surface area (Å²) in [7, 11) is -4.66. The van der Waals surface area contributed by atoms with Crippen LogP contribution in [0.15, 0.2) is 46.2 Å². The van der Waals surface area contributed by atoms with Gasteiger partial charge < -0.3 is 0 Å². The number of hydrogen-bond acceptors (Lipinski definition) is 2. The van der Waals surface area contributed by atoms with E-state index < -0.39 is 53.2 Å². The third kappa shape index (κ3) is 4.04. The molecule has 0 radical (unpaired) electrons. The third-order valence-electron chi connectivity index (χ3n) is 3.11. The molecule has 0 heterocycles. The fourth-order valence-corrected chi connectivity index (χ4v) is 3.68. The number of sulfone groups is 1. The van der Waals surface area contributed by atoms with E-state index in [2.05, 4.69) is 0 Å². The highest BCUT2D eigenvalue weighted by Crippen LogP contribution is 2.39. The SMILES string of the molecule is O=S(=O)(c1ccc(Cl)c(C(F)(F)F)c1)c1ccc(Cl)c(C(F)(F)F)c1. The van der Waals surface area contributed by atoms with Crippen molar-refractivity contribution in [2.45, 2.75) is 22.1 Å². The second kappa shape index (κ2) is 6.37.